The first-order chi connectivity index (χ1) is 11.1. The molecule has 1 aromatic carbocycles. The first-order valence-electron chi connectivity index (χ1n) is 8.15. The van der Waals surface area contributed by atoms with E-state index in [0.717, 1.165) is 43.0 Å². The zero-order chi connectivity index (χ0) is 16.4. The van der Waals surface area contributed by atoms with E-state index in [1.54, 1.807) is 11.6 Å². The van der Waals surface area contributed by atoms with E-state index in [2.05, 4.69) is 36.1 Å². The van der Waals surface area contributed by atoms with Crippen LogP contribution in [0.3, 0.4) is 0 Å². The topological polar surface area (TPSA) is 34.5 Å². The summed E-state index contributed by atoms with van der Waals surface area (Å²) in [5, 5.41) is 0. The van der Waals surface area contributed by atoms with E-state index in [1.807, 2.05) is 19.2 Å². The maximum absolute atomic E-state index is 11.8. The number of aromatic nitrogens is 1. The molecular weight excluding hydrogens is 288 g/mol. The molecule has 4 heteroatoms. The molecule has 1 atom stereocenters. The van der Waals surface area contributed by atoms with Crippen LogP contribution in [0.4, 0.5) is 0 Å². The number of hydrogen-bond donors (Lipinski definition) is 0. The average Bonchev–Trinajstić information content (AvgIpc) is 2.59. The van der Waals surface area contributed by atoms with Gasteiger partial charge in [-0.3, -0.25) is 9.69 Å². The van der Waals surface area contributed by atoms with Gasteiger partial charge in [-0.05, 0) is 36.6 Å². The Kier molecular flexibility index (Phi) is 4.64. The van der Waals surface area contributed by atoms with Crippen molar-refractivity contribution in [3.05, 3.63) is 58.0 Å². The molecule has 1 aromatic heterocycles. The summed E-state index contributed by atoms with van der Waals surface area (Å²) in [5.41, 5.74) is 4.37. The maximum atomic E-state index is 11.8. The van der Waals surface area contributed by atoms with Crippen molar-refractivity contribution in [2.75, 3.05) is 26.3 Å². The molecule has 0 N–H and O–H groups in total. The highest BCUT2D eigenvalue weighted by Gasteiger charge is 2.18. The molecule has 0 bridgehead atoms. The molecule has 1 aliphatic heterocycles. The van der Waals surface area contributed by atoms with Gasteiger partial charge in [-0.25, -0.2) is 0 Å². The number of pyridine rings is 1. The molecular formula is C19H24N2O2. The monoisotopic (exact) mass is 312 g/mol. The molecule has 1 unspecified atom stereocenters. The molecule has 0 radical (unpaired) electrons. The fourth-order valence-corrected chi connectivity index (χ4v) is 3.17. The molecule has 3 rings (SSSR count). The van der Waals surface area contributed by atoms with Gasteiger partial charge >= 0.3 is 0 Å². The van der Waals surface area contributed by atoms with Crippen molar-refractivity contribution in [2.24, 2.45) is 7.05 Å². The van der Waals surface area contributed by atoms with Gasteiger partial charge in [0.1, 0.15) is 0 Å². The van der Waals surface area contributed by atoms with E-state index in [0.29, 0.717) is 6.04 Å². The number of benzene rings is 1. The lowest BCUT2D eigenvalue weighted by molar-refractivity contribution is 0.0198. The minimum atomic E-state index is 0.0614. The third-order valence-electron chi connectivity index (χ3n) is 4.68. The van der Waals surface area contributed by atoms with Crippen LogP contribution in [0.15, 0.2) is 41.3 Å². The Morgan fingerprint density at radius 1 is 1.09 bits per heavy atom. The van der Waals surface area contributed by atoms with E-state index in [4.69, 9.17) is 4.74 Å². The smallest absolute Gasteiger partial charge is 0.253 e. The van der Waals surface area contributed by atoms with Gasteiger partial charge in [-0.1, -0.05) is 24.3 Å². The van der Waals surface area contributed by atoms with Crippen molar-refractivity contribution < 1.29 is 4.74 Å². The van der Waals surface area contributed by atoms with Crippen LogP contribution >= 0.6 is 0 Å². The van der Waals surface area contributed by atoms with Gasteiger partial charge in [0.15, 0.2) is 0 Å². The number of morpholine rings is 1. The molecule has 1 saturated heterocycles. The Morgan fingerprint density at radius 2 is 1.74 bits per heavy atom. The quantitative estimate of drug-likeness (QED) is 0.874. The van der Waals surface area contributed by atoms with E-state index >= 15 is 0 Å². The number of hydrogen-bond acceptors (Lipinski definition) is 3. The van der Waals surface area contributed by atoms with Crippen LogP contribution in [0.5, 0.6) is 0 Å². The molecule has 0 aliphatic carbocycles. The van der Waals surface area contributed by atoms with Crippen LogP contribution in [0.1, 0.15) is 24.1 Å². The second-order valence-corrected chi connectivity index (χ2v) is 6.27. The van der Waals surface area contributed by atoms with Crippen LogP contribution in [0, 0.1) is 6.92 Å². The standard InChI is InChI=1S/C19H24N2O2/c1-14-12-18(13-20(3)19(14)22)17-6-4-16(5-7-17)15(2)21-8-10-23-11-9-21/h4-7,12-13,15H,8-11H2,1-3H3. The van der Waals surface area contributed by atoms with Crippen molar-refractivity contribution >= 4 is 0 Å². The minimum absolute atomic E-state index is 0.0614. The van der Waals surface area contributed by atoms with Crippen molar-refractivity contribution in [3.8, 4) is 11.1 Å². The third-order valence-corrected chi connectivity index (χ3v) is 4.68. The summed E-state index contributed by atoms with van der Waals surface area (Å²) in [7, 11) is 1.80. The average molecular weight is 312 g/mol. The van der Waals surface area contributed by atoms with Crippen LogP contribution in [-0.4, -0.2) is 35.8 Å². The van der Waals surface area contributed by atoms with Gasteiger partial charge in [0.2, 0.25) is 0 Å². The van der Waals surface area contributed by atoms with Crippen molar-refractivity contribution in [3.63, 3.8) is 0 Å². The summed E-state index contributed by atoms with van der Waals surface area (Å²) in [6.07, 6.45) is 1.90. The Balaban J connectivity index is 1.83. The molecule has 0 amide bonds. The van der Waals surface area contributed by atoms with E-state index in [-0.39, 0.29) is 5.56 Å². The van der Waals surface area contributed by atoms with Crippen LogP contribution in [-0.2, 0) is 11.8 Å². The predicted molar refractivity (Wildman–Crippen MR) is 92.7 cm³/mol. The highest BCUT2D eigenvalue weighted by atomic mass is 16.5. The molecule has 4 nitrogen and oxygen atoms in total. The molecule has 23 heavy (non-hydrogen) atoms. The zero-order valence-electron chi connectivity index (χ0n) is 14.1. The van der Waals surface area contributed by atoms with Gasteiger partial charge in [0, 0.05) is 37.9 Å². The Hall–Kier alpha value is -1.91. The molecule has 122 valence electrons. The number of rotatable bonds is 3. The summed E-state index contributed by atoms with van der Waals surface area (Å²) in [6.45, 7) is 7.72. The first-order valence-corrected chi connectivity index (χ1v) is 8.15. The highest BCUT2D eigenvalue weighted by molar-refractivity contribution is 5.63. The van der Waals surface area contributed by atoms with Gasteiger partial charge in [-0.2, -0.15) is 0 Å². The van der Waals surface area contributed by atoms with Crippen molar-refractivity contribution in [1.82, 2.24) is 9.47 Å². The molecule has 0 spiro atoms. The normalized spacial score (nSPS) is 17.2. The summed E-state index contributed by atoms with van der Waals surface area (Å²) >= 11 is 0. The molecule has 1 aliphatic rings. The van der Waals surface area contributed by atoms with E-state index in [9.17, 15) is 4.79 Å². The summed E-state index contributed by atoms with van der Waals surface area (Å²) in [6, 6.07) is 11.0. The Labute approximate surface area is 137 Å². The van der Waals surface area contributed by atoms with Crippen molar-refractivity contribution in [2.45, 2.75) is 19.9 Å². The number of ether oxygens (including phenoxy) is 1. The second kappa shape index (κ2) is 6.69. The highest BCUT2D eigenvalue weighted by Crippen LogP contribution is 2.25. The van der Waals surface area contributed by atoms with Gasteiger partial charge in [0.25, 0.3) is 5.56 Å². The summed E-state index contributed by atoms with van der Waals surface area (Å²) < 4.78 is 7.07. The SMILES string of the molecule is Cc1cc(-c2ccc(C(C)N3CCOCC3)cc2)cn(C)c1=O. The van der Waals surface area contributed by atoms with Crippen LogP contribution < -0.4 is 5.56 Å². The zero-order valence-corrected chi connectivity index (χ0v) is 14.1. The van der Waals surface area contributed by atoms with Gasteiger partial charge in [0.05, 0.1) is 13.2 Å². The summed E-state index contributed by atoms with van der Waals surface area (Å²) in [5.74, 6) is 0. The third kappa shape index (κ3) is 3.38. The first kappa shape index (κ1) is 16.0. The number of aryl methyl sites for hydroxylation is 2. The Bertz CT molecular complexity index is 702. The molecule has 0 saturated carbocycles. The molecule has 1 fully saturated rings. The lowest BCUT2D eigenvalue weighted by Crippen LogP contribution is -2.37. The predicted octanol–water partition coefficient (Wildman–Crippen LogP) is 2.75. The number of nitrogens with zero attached hydrogens (tertiary/aromatic N) is 2. The molecule has 2 heterocycles. The van der Waals surface area contributed by atoms with Crippen molar-refractivity contribution in [1.29, 1.82) is 0 Å². The van der Waals surface area contributed by atoms with Gasteiger partial charge < -0.3 is 9.30 Å². The summed E-state index contributed by atoms with van der Waals surface area (Å²) in [4.78, 5) is 14.3. The Morgan fingerprint density at radius 3 is 2.35 bits per heavy atom. The van der Waals surface area contributed by atoms with Crippen LogP contribution in [0.2, 0.25) is 0 Å². The van der Waals surface area contributed by atoms with E-state index in [1.165, 1.54) is 5.56 Å². The second-order valence-electron chi connectivity index (χ2n) is 6.27. The van der Waals surface area contributed by atoms with Gasteiger partial charge in [-0.15, -0.1) is 0 Å². The maximum Gasteiger partial charge on any atom is 0.253 e. The van der Waals surface area contributed by atoms with Crippen LogP contribution in [0.25, 0.3) is 11.1 Å². The lowest BCUT2D eigenvalue weighted by Gasteiger charge is -2.32. The van der Waals surface area contributed by atoms with E-state index < -0.39 is 0 Å². The minimum Gasteiger partial charge on any atom is -0.379 e. The fourth-order valence-electron chi connectivity index (χ4n) is 3.17. The lowest BCUT2D eigenvalue weighted by atomic mass is 10.0. The fraction of sp³-hybridized carbons (Fsp3) is 0.421. The largest absolute Gasteiger partial charge is 0.379 e. The molecule has 2 aromatic rings.